The number of H-pyrrole nitrogens is 1. The Morgan fingerprint density at radius 3 is 2.84 bits per heavy atom. The minimum absolute atomic E-state index is 0.00850. The van der Waals surface area contributed by atoms with Crippen molar-refractivity contribution in [2.75, 3.05) is 11.9 Å². The van der Waals surface area contributed by atoms with Gasteiger partial charge in [-0.3, -0.25) is 9.59 Å². The largest absolute Gasteiger partial charge is 0.424 e. The normalized spacial score (nSPS) is 17.6. The van der Waals surface area contributed by atoms with Crippen molar-refractivity contribution >= 4 is 39.8 Å². The molecule has 0 bridgehead atoms. The molecule has 2 aromatic carbocycles. The minimum atomic E-state index is -0.820. The average Bonchev–Trinajstić information content (AvgIpc) is 3.52. The van der Waals surface area contributed by atoms with Crippen LogP contribution in [0, 0.1) is 12.7 Å². The zero-order valence-electron chi connectivity index (χ0n) is 22.1. The van der Waals surface area contributed by atoms with Crippen molar-refractivity contribution in [3.8, 4) is 0 Å². The molecule has 1 aliphatic rings. The number of rotatable bonds is 9. The second-order valence-electron chi connectivity index (χ2n) is 10.4. The molecule has 0 unspecified atom stereocenters. The van der Waals surface area contributed by atoms with Crippen LogP contribution in [0.15, 0.2) is 40.8 Å². The molecule has 200 valence electrons. The van der Waals surface area contributed by atoms with Gasteiger partial charge in [0.05, 0.1) is 18.0 Å². The molecule has 3 heterocycles. The lowest BCUT2D eigenvalue weighted by Crippen LogP contribution is -2.46. The number of amides is 1. The van der Waals surface area contributed by atoms with Gasteiger partial charge in [0.2, 0.25) is 5.91 Å². The van der Waals surface area contributed by atoms with Gasteiger partial charge >= 0.3 is 0 Å². The first-order chi connectivity index (χ1) is 18.3. The standard InChI is InChI=1S/C29H34FN5O3/c1-4-19-8-5-6-13-35(19)26(37)16-22(32-29-33-23-14-17(2)11-12-25(23)38-29)24(36)15-18(3)28-31-21-10-7-9-20(30)27(21)34-28/h7,9-12,14,18-19,22H,4-6,8,13,15-16H2,1-3H3,(H,31,34)(H,32,33)/t18-,19+,22+/m1/s1. The highest BCUT2D eigenvalue weighted by Gasteiger charge is 2.31. The van der Waals surface area contributed by atoms with E-state index < -0.39 is 11.9 Å². The molecular weight excluding hydrogens is 485 g/mol. The number of halogens is 1. The van der Waals surface area contributed by atoms with E-state index >= 15 is 0 Å². The summed E-state index contributed by atoms with van der Waals surface area (Å²) in [6, 6.07) is 10.0. The molecule has 4 aromatic rings. The van der Waals surface area contributed by atoms with E-state index in [0.717, 1.165) is 31.2 Å². The fourth-order valence-electron chi connectivity index (χ4n) is 5.33. The molecule has 1 amide bonds. The molecule has 1 fully saturated rings. The predicted molar refractivity (Wildman–Crippen MR) is 145 cm³/mol. The van der Waals surface area contributed by atoms with Gasteiger partial charge in [0.1, 0.15) is 16.9 Å². The molecule has 1 saturated heterocycles. The smallest absolute Gasteiger partial charge is 0.296 e. The van der Waals surface area contributed by atoms with E-state index in [1.54, 1.807) is 12.1 Å². The molecule has 2 N–H and O–H groups in total. The molecule has 9 heteroatoms. The van der Waals surface area contributed by atoms with Crippen LogP contribution in [-0.2, 0) is 9.59 Å². The summed E-state index contributed by atoms with van der Waals surface area (Å²) < 4.78 is 20.0. The Hall–Kier alpha value is -3.75. The average molecular weight is 520 g/mol. The van der Waals surface area contributed by atoms with E-state index in [9.17, 15) is 14.0 Å². The van der Waals surface area contributed by atoms with Crippen LogP contribution >= 0.6 is 0 Å². The second-order valence-corrected chi connectivity index (χ2v) is 10.4. The van der Waals surface area contributed by atoms with Crippen molar-refractivity contribution in [3.05, 3.63) is 53.6 Å². The maximum absolute atomic E-state index is 14.2. The third-order valence-electron chi connectivity index (χ3n) is 7.48. The van der Waals surface area contributed by atoms with Crippen molar-refractivity contribution in [3.63, 3.8) is 0 Å². The van der Waals surface area contributed by atoms with E-state index in [1.807, 2.05) is 36.9 Å². The van der Waals surface area contributed by atoms with Crippen LogP contribution in [-0.4, -0.2) is 50.2 Å². The number of Topliss-reactive ketones (excluding diaryl/α,β-unsaturated/α-hetero) is 1. The first-order valence-corrected chi connectivity index (χ1v) is 13.4. The second kappa shape index (κ2) is 10.9. The fourth-order valence-corrected chi connectivity index (χ4v) is 5.33. The highest BCUT2D eigenvalue weighted by molar-refractivity contribution is 5.92. The van der Waals surface area contributed by atoms with Crippen molar-refractivity contribution in [2.45, 2.75) is 77.3 Å². The number of benzene rings is 2. The number of carbonyl (C=O) groups is 2. The van der Waals surface area contributed by atoms with Crippen molar-refractivity contribution < 1.29 is 18.4 Å². The summed E-state index contributed by atoms with van der Waals surface area (Å²) in [4.78, 5) is 41.0. The van der Waals surface area contributed by atoms with E-state index in [-0.39, 0.29) is 48.0 Å². The van der Waals surface area contributed by atoms with Gasteiger partial charge in [0, 0.05) is 24.9 Å². The van der Waals surface area contributed by atoms with Crippen LogP contribution in [0.5, 0.6) is 0 Å². The van der Waals surface area contributed by atoms with Crippen LogP contribution in [0.2, 0.25) is 0 Å². The zero-order valence-corrected chi connectivity index (χ0v) is 22.1. The number of aromatic nitrogens is 3. The quantitative estimate of drug-likeness (QED) is 0.286. The fraction of sp³-hybridized carbons (Fsp3) is 0.448. The molecule has 0 radical (unpaired) electrons. The van der Waals surface area contributed by atoms with Crippen LogP contribution in [0.4, 0.5) is 10.4 Å². The Balaban J connectivity index is 1.37. The first kappa shape index (κ1) is 25.9. The zero-order chi connectivity index (χ0) is 26.8. The SMILES string of the molecule is CC[C@H]1CCCCN1C(=O)C[C@H](Nc1nc2cc(C)ccc2o1)C(=O)C[C@@H](C)c1nc2c(F)cccc2[nH]1. The Morgan fingerprint density at radius 1 is 1.21 bits per heavy atom. The number of aromatic amines is 1. The van der Waals surface area contributed by atoms with Gasteiger partial charge < -0.3 is 19.6 Å². The highest BCUT2D eigenvalue weighted by atomic mass is 19.1. The predicted octanol–water partition coefficient (Wildman–Crippen LogP) is 5.88. The number of anilines is 1. The molecule has 2 aromatic heterocycles. The Bertz CT molecular complexity index is 1460. The molecule has 0 aliphatic carbocycles. The number of piperidine rings is 1. The lowest BCUT2D eigenvalue weighted by atomic mass is 9.95. The number of hydrogen-bond donors (Lipinski definition) is 2. The van der Waals surface area contributed by atoms with Crippen LogP contribution in [0.1, 0.15) is 69.7 Å². The van der Waals surface area contributed by atoms with Gasteiger partial charge in [0.25, 0.3) is 6.01 Å². The maximum Gasteiger partial charge on any atom is 0.296 e. The van der Waals surface area contributed by atoms with Crippen molar-refractivity contribution in [1.29, 1.82) is 0 Å². The number of oxazole rings is 1. The topological polar surface area (TPSA) is 104 Å². The lowest BCUT2D eigenvalue weighted by Gasteiger charge is -2.36. The molecule has 1 aliphatic heterocycles. The monoisotopic (exact) mass is 519 g/mol. The van der Waals surface area contributed by atoms with Gasteiger partial charge in [-0.25, -0.2) is 9.37 Å². The number of hydrogen-bond acceptors (Lipinski definition) is 6. The number of carbonyl (C=O) groups excluding carboxylic acids is 2. The first-order valence-electron chi connectivity index (χ1n) is 13.4. The summed E-state index contributed by atoms with van der Waals surface area (Å²) in [5.74, 6) is -0.392. The summed E-state index contributed by atoms with van der Waals surface area (Å²) in [6.07, 6.45) is 4.08. The minimum Gasteiger partial charge on any atom is -0.424 e. The van der Waals surface area contributed by atoms with Crippen LogP contribution in [0.3, 0.4) is 0 Å². The number of aryl methyl sites for hydroxylation is 1. The molecule has 0 spiro atoms. The van der Waals surface area contributed by atoms with Gasteiger partial charge in [-0.1, -0.05) is 26.0 Å². The maximum atomic E-state index is 14.2. The number of nitrogens with zero attached hydrogens (tertiary/aromatic N) is 3. The molecule has 5 rings (SSSR count). The van der Waals surface area contributed by atoms with E-state index in [2.05, 4.69) is 27.2 Å². The number of fused-ring (bicyclic) bond motifs is 2. The molecule has 38 heavy (non-hydrogen) atoms. The highest BCUT2D eigenvalue weighted by Crippen LogP contribution is 2.26. The summed E-state index contributed by atoms with van der Waals surface area (Å²) in [6.45, 7) is 6.64. The summed E-state index contributed by atoms with van der Waals surface area (Å²) in [5.41, 5.74) is 3.18. The van der Waals surface area contributed by atoms with Gasteiger partial charge in [-0.05, 0) is 62.4 Å². The van der Waals surface area contributed by atoms with E-state index in [4.69, 9.17) is 4.42 Å². The molecule has 8 nitrogen and oxygen atoms in total. The van der Waals surface area contributed by atoms with Gasteiger partial charge in [-0.15, -0.1) is 0 Å². The molecular formula is C29H34FN5O3. The van der Waals surface area contributed by atoms with Crippen molar-refractivity contribution in [2.24, 2.45) is 0 Å². The number of ketones is 1. The Labute approximate surface area is 221 Å². The van der Waals surface area contributed by atoms with Gasteiger partial charge in [0.15, 0.2) is 17.2 Å². The molecule has 0 saturated carbocycles. The summed E-state index contributed by atoms with van der Waals surface area (Å²) >= 11 is 0. The van der Waals surface area contributed by atoms with Crippen LogP contribution < -0.4 is 5.32 Å². The third kappa shape index (κ3) is 5.42. The van der Waals surface area contributed by atoms with E-state index in [1.165, 1.54) is 6.07 Å². The van der Waals surface area contributed by atoms with Crippen molar-refractivity contribution in [1.82, 2.24) is 19.9 Å². The van der Waals surface area contributed by atoms with Crippen LogP contribution in [0.25, 0.3) is 22.1 Å². The Morgan fingerprint density at radius 2 is 2.05 bits per heavy atom. The number of likely N-dealkylation sites (tertiary alicyclic amines) is 1. The number of para-hydroxylation sites is 1. The third-order valence-corrected chi connectivity index (χ3v) is 7.48. The summed E-state index contributed by atoms with van der Waals surface area (Å²) in [5, 5.41) is 3.12. The lowest BCUT2D eigenvalue weighted by molar-refractivity contribution is -0.137. The molecule has 3 atom stereocenters. The number of nitrogens with one attached hydrogen (secondary N) is 2. The summed E-state index contributed by atoms with van der Waals surface area (Å²) in [7, 11) is 0. The number of imidazole rings is 1. The van der Waals surface area contributed by atoms with Gasteiger partial charge in [-0.2, -0.15) is 4.98 Å². The van der Waals surface area contributed by atoms with E-state index in [0.29, 0.717) is 29.0 Å². The Kier molecular flexibility index (Phi) is 7.44.